The fraction of sp³-hybridized carbons (Fsp3) is 0.0345. The summed E-state index contributed by atoms with van der Waals surface area (Å²) in [7, 11) is 0. The molecule has 0 fully saturated rings. The van der Waals surface area contributed by atoms with E-state index in [9.17, 15) is 23.3 Å². The molecule has 5 aromatic rings. The van der Waals surface area contributed by atoms with Crippen LogP contribution in [0.1, 0.15) is 22.6 Å². The van der Waals surface area contributed by atoms with Gasteiger partial charge in [0.2, 0.25) is 5.88 Å². The lowest BCUT2D eigenvalue weighted by Crippen LogP contribution is -2.34. The fourth-order valence-electron chi connectivity index (χ4n) is 5.04. The van der Waals surface area contributed by atoms with Gasteiger partial charge < -0.3 is 10.6 Å². The highest BCUT2D eigenvalue weighted by atomic mass is 19.1. The van der Waals surface area contributed by atoms with Gasteiger partial charge in [0.1, 0.15) is 35.3 Å². The van der Waals surface area contributed by atoms with E-state index in [-0.39, 0.29) is 56.2 Å². The van der Waals surface area contributed by atoms with Crippen LogP contribution in [0.25, 0.3) is 22.3 Å². The number of fused-ring (bicyclic) bond motifs is 2. The molecule has 0 saturated heterocycles. The van der Waals surface area contributed by atoms with Gasteiger partial charge in [0.25, 0.3) is 5.69 Å². The van der Waals surface area contributed by atoms with Crippen LogP contribution in [-0.4, -0.2) is 14.6 Å². The predicted molar refractivity (Wildman–Crippen MR) is 139 cm³/mol. The summed E-state index contributed by atoms with van der Waals surface area (Å²) >= 11 is 0. The van der Waals surface area contributed by atoms with E-state index in [0.29, 0.717) is 17.7 Å². The van der Waals surface area contributed by atoms with Gasteiger partial charge in [-0.3, -0.25) is 15.5 Å². The van der Waals surface area contributed by atoms with Crippen molar-refractivity contribution in [1.82, 2.24) is 9.66 Å². The first kappa shape index (κ1) is 25.7. The van der Waals surface area contributed by atoms with E-state index in [4.69, 9.17) is 16.0 Å². The molecule has 0 amide bonds. The number of aromatic nitrogens is 2. The van der Waals surface area contributed by atoms with Crippen molar-refractivity contribution in [1.29, 1.82) is 5.41 Å². The van der Waals surface area contributed by atoms with Gasteiger partial charge in [0, 0.05) is 46.9 Å². The van der Waals surface area contributed by atoms with Crippen LogP contribution in [0.3, 0.4) is 0 Å². The number of halogens is 4. The first-order valence-corrected chi connectivity index (χ1v) is 12.0. The molecular formula is C29H17F4N5O3. The molecule has 41 heavy (non-hydrogen) atoms. The molecule has 0 saturated carbocycles. The van der Waals surface area contributed by atoms with Gasteiger partial charge in [-0.05, 0) is 53.1 Å². The molecule has 12 heteroatoms. The number of hydrogen-bond acceptors (Lipinski definition) is 6. The molecule has 1 aliphatic rings. The van der Waals surface area contributed by atoms with Crippen LogP contribution in [0.15, 0.2) is 79.1 Å². The molecule has 0 radical (unpaired) electrons. The van der Waals surface area contributed by atoms with Gasteiger partial charge in [-0.1, -0.05) is 12.1 Å². The summed E-state index contributed by atoms with van der Waals surface area (Å²) in [6, 6.07) is 14.4. The molecule has 0 aliphatic carbocycles. The highest BCUT2D eigenvalue weighted by molar-refractivity contribution is 5.82. The molecule has 1 atom stereocenters. The zero-order valence-corrected chi connectivity index (χ0v) is 20.7. The van der Waals surface area contributed by atoms with E-state index in [2.05, 4.69) is 4.98 Å². The van der Waals surface area contributed by atoms with E-state index in [1.165, 1.54) is 42.5 Å². The van der Waals surface area contributed by atoms with Gasteiger partial charge in [0.15, 0.2) is 5.49 Å². The SMILES string of the molecule is N=c1c2c(ncn1N)Oc1cc(-c3ccc(F)cc3F)cc(-c3ccc(F)cc3F)c1C2c1cccc([N+](=O)[O-])c1. The largest absolute Gasteiger partial charge is 0.438 e. The quantitative estimate of drug-likeness (QED) is 0.116. The molecule has 1 aliphatic heterocycles. The van der Waals surface area contributed by atoms with E-state index in [0.717, 1.165) is 23.1 Å². The van der Waals surface area contributed by atoms with Crippen LogP contribution in [0.5, 0.6) is 11.6 Å². The molecular weight excluding hydrogens is 542 g/mol. The van der Waals surface area contributed by atoms with Gasteiger partial charge in [-0.2, -0.15) is 0 Å². The summed E-state index contributed by atoms with van der Waals surface area (Å²) < 4.78 is 64.9. The van der Waals surface area contributed by atoms with Crippen molar-refractivity contribution >= 4 is 5.69 Å². The van der Waals surface area contributed by atoms with Crippen molar-refractivity contribution in [2.45, 2.75) is 5.92 Å². The number of nitro groups is 1. The van der Waals surface area contributed by atoms with Crippen LogP contribution in [0.2, 0.25) is 0 Å². The number of non-ortho nitro benzene ring substituents is 1. The maximum absolute atomic E-state index is 15.3. The maximum atomic E-state index is 15.3. The third kappa shape index (κ3) is 4.35. The molecule has 0 spiro atoms. The number of benzene rings is 4. The second kappa shape index (κ2) is 9.59. The fourth-order valence-corrected chi connectivity index (χ4v) is 5.04. The average Bonchev–Trinajstić information content (AvgIpc) is 2.93. The summed E-state index contributed by atoms with van der Waals surface area (Å²) in [4.78, 5) is 15.2. The number of nitrogens with zero attached hydrogens (tertiary/aromatic N) is 3. The average molecular weight is 559 g/mol. The number of hydrogen-bond donors (Lipinski definition) is 2. The van der Waals surface area contributed by atoms with Crippen LogP contribution >= 0.6 is 0 Å². The Bertz CT molecular complexity index is 1960. The highest BCUT2D eigenvalue weighted by Crippen LogP contribution is 2.51. The summed E-state index contributed by atoms with van der Waals surface area (Å²) in [5.41, 5.74) is 0.403. The number of rotatable bonds is 4. The Labute approximate surface area is 228 Å². The Morgan fingerprint density at radius 3 is 2.22 bits per heavy atom. The number of ether oxygens (including phenoxy) is 1. The normalized spacial score (nSPS) is 13.7. The summed E-state index contributed by atoms with van der Waals surface area (Å²) in [5, 5.41) is 20.3. The van der Waals surface area contributed by atoms with Crippen molar-refractivity contribution in [2.24, 2.45) is 0 Å². The second-order valence-corrected chi connectivity index (χ2v) is 9.29. The Morgan fingerprint density at radius 2 is 1.56 bits per heavy atom. The van der Waals surface area contributed by atoms with Gasteiger partial charge in [-0.15, -0.1) is 0 Å². The summed E-state index contributed by atoms with van der Waals surface area (Å²) in [5.74, 6) is 1.47. The van der Waals surface area contributed by atoms with Crippen molar-refractivity contribution < 1.29 is 27.2 Å². The zero-order chi connectivity index (χ0) is 29.0. The lowest BCUT2D eigenvalue weighted by molar-refractivity contribution is -0.384. The predicted octanol–water partition coefficient (Wildman–Crippen LogP) is 6.16. The molecule has 8 nitrogen and oxygen atoms in total. The minimum absolute atomic E-state index is 0.0266. The third-order valence-corrected chi connectivity index (χ3v) is 6.85. The number of nitrogens with one attached hydrogen (secondary N) is 1. The topological polar surface area (TPSA) is 120 Å². The second-order valence-electron chi connectivity index (χ2n) is 9.29. The Balaban J connectivity index is 1.73. The summed E-state index contributed by atoms with van der Waals surface area (Å²) in [6.45, 7) is 0. The van der Waals surface area contributed by atoms with Crippen molar-refractivity contribution in [3.8, 4) is 33.9 Å². The van der Waals surface area contributed by atoms with Gasteiger partial charge in [-0.25, -0.2) is 27.2 Å². The van der Waals surface area contributed by atoms with Crippen molar-refractivity contribution in [2.75, 3.05) is 5.84 Å². The lowest BCUT2D eigenvalue weighted by Gasteiger charge is -2.31. The maximum Gasteiger partial charge on any atom is 0.269 e. The smallest absolute Gasteiger partial charge is 0.269 e. The first-order chi connectivity index (χ1) is 19.6. The number of nitrogens with two attached hydrogens (primary N) is 1. The Morgan fingerprint density at radius 1 is 0.878 bits per heavy atom. The standard InChI is InChI=1S/C29H17F4N5O3/c30-16-4-6-19(22(32)11-16)15-9-21(20-7-5-17(31)12-23(20)33)26-24(10-15)41-29-27(28(34)37(35)13-36-29)25(26)14-2-1-3-18(8-14)38(39)40/h1-13,25,34H,35H2. The van der Waals surface area contributed by atoms with Crippen LogP contribution in [-0.2, 0) is 0 Å². The minimum Gasteiger partial charge on any atom is -0.438 e. The Hall–Kier alpha value is -5.52. The third-order valence-electron chi connectivity index (χ3n) is 6.85. The number of nitro benzene ring substituents is 1. The minimum atomic E-state index is -1.00. The number of nitrogen functional groups attached to an aromatic ring is 1. The zero-order valence-electron chi connectivity index (χ0n) is 20.7. The van der Waals surface area contributed by atoms with Gasteiger partial charge in [0.05, 0.1) is 10.5 Å². The molecule has 0 bridgehead atoms. The molecule has 4 aromatic carbocycles. The van der Waals surface area contributed by atoms with Crippen LogP contribution in [0.4, 0.5) is 23.2 Å². The van der Waals surface area contributed by atoms with Crippen LogP contribution in [0, 0.1) is 38.8 Å². The van der Waals surface area contributed by atoms with Crippen LogP contribution < -0.4 is 16.1 Å². The Kier molecular flexibility index (Phi) is 6.02. The first-order valence-electron chi connectivity index (χ1n) is 12.0. The van der Waals surface area contributed by atoms with Crippen molar-refractivity contribution in [3.63, 3.8) is 0 Å². The molecule has 2 heterocycles. The lowest BCUT2D eigenvalue weighted by atomic mass is 9.79. The molecule has 1 aromatic heterocycles. The van der Waals surface area contributed by atoms with E-state index >= 15 is 4.39 Å². The highest BCUT2D eigenvalue weighted by Gasteiger charge is 2.36. The molecule has 3 N–H and O–H groups in total. The van der Waals surface area contributed by atoms with E-state index < -0.39 is 34.1 Å². The monoisotopic (exact) mass is 559 g/mol. The summed E-state index contributed by atoms with van der Waals surface area (Å²) in [6.07, 6.45) is 1.14. The van der Waals surface area contributed by atoms with E-state index in [1.54, 1.807) is 6.07 Å². The molecule has 6 rings (SSSR count). The molecule has 204 valence electrons. The molecule has 1 unspecified atom stereocenters. The van der Waals surface area contributed by atoms with E-state index in [1.807, 2.05) is 0 Å². The van der Waals surface area contributed by atoms with Crippen molar-refractivity contribution in [3.05, 3.63) is 135 Å². The van der Waals surface area contributed by atoms with Gasteiger partial charge >= 0.3 is 0 Å².